The SMILES string of the molecule is CN=C(NCCC(C)c1ccc(OC)cc1)NCC1(c2ccccc2)CCOCC1.I. The van der Waals surface area contributed by atoms with Gasteiger partial charge in [-0.15, -0.1) is 24.0 Å². The molecule has 6 heteroatoms. The number of nitrogens with zero attached hydrogens (tertiary/aromatic N) is 1. The standard InChI is InChI=1S/C25H35N3O2.HI/c1-20(21-9-11-23(29-3)12-10-21)13-16-27-24(26-2)28-19-25(14-17-30-18-15-25)22-7-5-4-6-8-22;/h4-12,20H,13-19H2,1-3H3,(H2,26,27,28);1H. The zero-order valence-electron chi connectivity index (χ0n) is 18.9. The van der Waals surface area contributed by atoms with E-state index in [-0.39, 0.29) is 29.4 Å². The number of methoxy groups -OCH3 is 1. The van der Waals surface area contributed by atoms with Gasteiger partial charge >= 0.3 is 0 Å². The van der Waals surface area contributed by atoms with Gasteiger partial charge in [0.15, 0.2) is 5.96 Å². The van der Waals surface area contributed by atoms with E-state index in [1.807, 2.05) is 19.2 Å². The fourth-order valence-electron chi connectivity index (χ4n) is 4.10. The van der Waals surface area contributed by atoms with E-state index in [0.29, 0.717) is 5.92 Å². The molecule has 1 unspecified atom stereocenters. The smallest absolute Gasteiger partial charge is 0.191 e. The molecule has 1 aliphatic heterocycles. The van der Waals surface area contributed by atoms with Crippen LogP contribution in [-0.4, -0.2) is 46.4 Å². The molecule has 0 aromatic heterocycles. The lowest BCUT2D eigenvalue weighted by Crippen LogP contribution is -2.48. The number of aliphatic imine (C=N–C) groups is 1. The molecule has 3 rings (SSSR count). The minimum atomic E-state index is 0. The molecule has 31 heavy (non-hydrogen) atoms. The maximum Gasteiger partial charge on any atom is 0.191 e. The van der Waals surface area contributed by atoms with Crippen LogP contribution in [0.4, 0.5) is 0 Å². The maximum atomic E-state index is 5.65. The lowest BCUT2D eigenvalue weighted by Gasteiger charge is -2.38. The van der Waals surface area contributed by atoms with Crippen molar-refractivity contribution in [2.24, 2.45) is 4.99 Å². The molecular formula is C25H36IN3O2. The van der Waals surface area contributed by atoms with E-state index in [1.54, 1.807) is 7.11 Å². The van der Waals surface area contributed by atoms with E-state index >= 15 is 0 Å². The van der Waals surface area contributed by atoms with Crippen molar-refractivity contribution in [2.75, 3.05) is 40.5 Å². The van der Waals surface area contributed by atoms with E-state index in [9.17, 15) is 0 Å². The molecule has 0 bridgehead atoms. The van der Waals surface area contributed by atoms with Gasteiger partial charge in [-0.05, 0) is 48.4 Å². The average Bonchev–Trinajstić information content (AvgIpc) is 2.82. The molecular weight excluding hydrogens is 501 g/mol. The summed E-state index contributed by atoms with van der Waals surface area (Å²) in [5.74, 6) is 2.22. The number of guanidine groups is 1. The third kappa shape index (κ3) is 7.10. The second-order valence-electron chi connectivity index (χ2n) is 8.07. The quantitative estimate of drug-likeness (QED) is 0.291. The first kappa shape index (κ1) is 25.5. The second kappa shape index (κ2) is 12.9. The first-order valence-electron chi connectivity index (χ1n) is 10.9. The van der Waals surface area contributed by atoms with Crippen LogP contribution >= 0.6 is 24.0 Å². The number of nitrogens with one attached hydrogen (secondary N) is 2. The molecule has 0 spiro atoms. The van der Waals surface area contributed by atoms with Gasteiger partial charge in [0.05, 0.1) is 7.11 Å². The third-order valence-corrected chi connectivity index (χ3v) is 6.21. The highest BCUT2D eigenvalue weighted by atomic mass is 127. The summed E-state index contributed by atoms with van der Waals surface area (Å²) in [6.45, 7) is 5.60. The molecule has 0 aliphatic carbocycles. The molecule has 2 aromatic carbocycles. The molecule has 1 saturated heterocycles. The third-order valence-electron chi connectivity index (χ3n) is 6.21. The molecule has 0 radical (unpaired) electrons. The van der Waals surface area contributed by atoms with E-state index < -0.39 is 0 Å². The lowest BCUT2D eigenvalue weighted by molar-refractivity contribution is 0.0514. The van der Waals surface area contributed by atoms with E-state index in [4.69, 9.17) is 9.47 Å². The molecule has 1 atom stereocenters. The van der Waals surface area contributed by atoms with Crippen LogP contribution in [0.15, 0.2) is 59.6 Å². The largest absolute Gasteiger partial charge is 0.497 e. The molecule has 0 amide bonds. The van der Waals surface area contributed by atoms with Crippen LogP contribution in [0.25, 0.3) is 0 Å². The molecule has 1 fully saturated rings. The topological polar surface area (TPSA) is 54.9 Å². The van der Waals surface area contributed by atoms with Gasteiger partial charge in [0.1, 0.15) is 5.75 Å². The Kier molecular flexibility index (Phi) is 10.6. The van der Waals surface area contributed by atoms with Gasteiger partial charge in [-0.1, -0.05) is 49.4 Å². The molecule has 0 saturated carbocycles. The van der Waals surface area contributed by atoms with Gasteiger partial charge in [0.25, 0.3) is 0 Å². The summed E-state index contributed by atoms with van der Waals surface area (Å²) >= 11 is 0. The van der Waals surface area contributed by atoms with Crippen molar-refractivity contribution in [3.05, 3.63) is 65.7 Å². The summed E-state index contributed by atoms with van der Waals surface area (Å²) in [5, 5.41) is 7.06. The number of hydrogen-bond donors (Lipinski definition) is 2. The Bertz CT molecular complexity index is 790. The normalized spacial score (nSPS) is 16.7. The Morgan fingerprint density at radius 2 is 1.74 bits per heavy atom. The Balaban J connectivity index is 0.00000341. The highest BCUT2D eigenvalue weighted by Crippen LogP contribution is 2.34. The molecule has 2 N–H and O–H groups in total. The van der Waals surface area contributed by atoms with Crippen molar-refractivity contribution in [1.82, 2.24) is 10.6 Å². The van der Waals surface area contributed by atoms with Gasteiger partial charge in [0.2, 0.25) is 0 Å². The number of rotatable bonds is 8. The number of hydrogen-bond acceptors (Lipinski definition) is 3. The Morgan fingerprint density at radius 1 is 1.06 bits per heavy atom. The fourth-order valence-corrected chi connectivity index (χ4v) is 4.10. The van der Waals surface area contributed by atoms with Crippen LogP contribution in [0, 0.1) is 0 Å². The highest BCUT2D eigenvalue weighted by Gasteiger charge is 2.34. The molecule has 1 heterocycles. The predicted molar refractivity (Wildman–Crippen MR) is 139 cm³/mol. The molecule has 5 nitrogen and oxygen atoms in total. The van der Waals surface area contributed by atoms with Crippen molar-refractivity contribution < 1.29 is 9.47 Å². The second-order valence-corrected chi connectivity index (χ2v) is 8.07. The van der Waals surface area contributed by atoms with E-state index in [0.717, 1.165) is 57.3 Å². The number of benzene rings is 2. The average molecular weight is 537 g/mol. The summed E-state index contributed by atoms with van der Waals surface area (Å²) in [6, 6.07) is 19.1. The minimum Gasteiger partial charge on any atom is -0.497 e. The first-order valence-corrected chi connectivity index (χ1v) is 10.9. The Labute approximate surface area is 204 Å². The zero-order chi connectivity index (χ0) is 21.2. The van der Waals surface area contributed by atoms with Crippen LogP contribution in [0.3, 0.4) is 0 Å². The Hall–Kier alpha value is -1.80. The Morgan fingerprint density at radius 3 is 2.35 bits per heavy atom. The summed E-state index contributed by atoms with van der Waals surface area (Å²) in [6.07, 6.45) is 3.08. The molecule has 170 valence electrons. The summed E-state index contributed by atoms with van der Waals surface area (Å²) in [4.78, 5) is 4.44. The minimum absolute atomic E-state index is 0. The van der Waals surface area contributed by atoms with Crippen LogP contribution in [0.5, 0.6) is 5.75 Å². The summed E-state index contributed by atoms with van der Waals surface area (Å²) < 4.78 is 10.9. The van der Waals surface area contributed by atoms with Crippen molar-refractivity contribution in [3.8, 4) is 5.75 Å². The first-order chi connectivity index (χ1) is 14.7. The summed E-state index contributed by atoms with van der Waals surface area (Å²) in [5.41, 5.74) is 2.79. The van der Waals surface area contributed by atoms with E-state index in [2.05, 4.69) is 65.0 Å². The van der Waals surface area contributed by atoms with Crippen molar-refractivity contribution >= 4 is 29.9 Å². The van der Waals surface area contributed by atoms with Crippen molar-refractivity contribution in [1.29, 1.82) is 0 Å². The van der Waals surface area contributed by atoms with Gasteiger partial charge < -0.3 is 20.1 Å². The molecule has 1 aliphatic rings. The van der Waals surface area contributed by atoms with E-state index in [1.165, 1.54) is 11.1 Å². The maximum absolute atomic E-state index is 5.65. The predicted octanol–water partition coefficient (Wildman–Crippen LogP) is 4.72. The zero-order valence-corrected chi connectivity index (χ0v) is 21.2. The van der Waals surface area contributed by atoms with Crippen molar-refractivity contribution in [2.45, 2.75) is 37.5 Å². The van der Waals surface area contributed by atoms with Crippen LogP contribution in [0.1, 0.15) is 43.2 Å². The van der Waals surface area contributed by atoms with Crippen molar-refractivity contribution in [3.63, 3.8) is 0 Å². The summed E-state index contributed by atoms with van der Waals surface area (Å²) in [7, 11) is 3.53. The fraction of sp³-hybridized carbons (Fsp3) is 0.480. The number of ether oxygens (including phenoxy) is 2. The van der Waals surface area contributed by atoms with Gasteiger partial charge in [0, 0.05) is 38.8 Å². The molecule has 2 aromatic rings. The van der Waals surface area contributed by atoms with Crippen LogP contribution < -0.4 is 15.4 Å². The van der Waals surface area contributed by atoms with Gasteiger partial charge in [-0.25, -0.2) is 0 Å². The van der Waals surface area contributed by atoms with Gasteiger partial charge in [-0.2, -0.15) is 0 Å². The van der Waals surface area contributed by atoms with Gasteiger partial charge in [-0.3, -0.25) is 4.99 Å². The van der Waals surface area contributed by atoms with Crippen LogP contribution in [0.2, 0.25) is 0 Å². The number of halogens is 1. The lowest BCUT2D eigenvalue weighted by atomic mass is 9.74. The monoisotopic (exact) mass is 537 g/mol. The highest BCUT2D eigenvalue weighted by molar-refractivity contribution is 14.0. The van der Waals surface area contributed by atoms with Crippen LogP contribution in [-0.2, 0) is 10.2 Å².